The number of nitrogens with one attached hydrogen (secondary N) is 1. The summed E-state index contributed by atoms with van der Waals surface area (Å²) < 4.78 is 2.28. The largest absolute Gasteiger partial charge is 0.326 e. The molecule has 0 atom stereocenters. The molecule has 5 nitrogen and oxygen atoms in total. The number of hydrogen-bond acceptors (Lipinski definition) is 3. The molecule has 0 spiro atoms. The summed E-state index contributed by atoms with van der Waals surface area (Å²) in [5.41, 5.74) is 1.66. The summed E-state index contributed by atoms with van der Waals surface area (Å²) in [4.78, 5) is 12.4. The van der Waals surface area contributed by atoms with Crippen molar-refractivity contribution < 1.29 is 4.79 Å². The minimum absolute atomic E-state index is 0.0237. The first-order valence-electron chi connectivity index (χ1n) is 9.43. The van der Waals surface area contributed by atoms with E-state index in [0.717, 1.165) is 35.7 Å². The van der Waals surface area contributed by atoms with Crippen LogP contribution in [0.1, 0.15) is 62.8 Å². The lowest BCUT2D eigenvalue weighted by Crippen LogP contribution is -2.15. The van der Waals surface area contributed by atoms with Gasteiger partial charge in [0.1, 0.15) is 11.6 Å². The number of amides is 1. The monoisotopic (exact) mass is 374 g/mol. The maximum atomic E-state index is 12.4. The molecule has 0 aliphatic heterocycles. The Hall–Kier alpha value is -1.88. The zero-order valence-corrected chi connectivity index (χ0v) is 16.5. The number of aromatic nitrogens is 3. The van der Waals surface area contributed by atoms with E-state index in [1.165, 1.54) is 12.8 Å². The number of hydrogen-bond donors (Lipinski definition) is 1. The lowest BCUT2D eigenvalue weighted by Gasteiger charge is -2.11. The van der Waals surface area contributed by atoms with Crippen molar-refractivity contribution in [2.45, 2.75) is 65.3 Å². The fraction of sp³-hybridized carbons (Fsp3) is 0.550. The normalized spacial score (nSPS) is 14.0. The third-order valence-corrected chi connectivity index (χ3v) is 5.22. The van der Waals surface area contributed by atoms with E-state index in [-0.39, 0.29) is 5.91 Å². The van der Waals surface area contributed by atoms with Gasteiger partial charge in [0.25, 0.3) is 0 Å². The summed E-state index contributed by atoms with van der Waals surface area (Å²) in [5, 5.41) is 12.4. The number of nitrogens with zero attached hydrogens (tertiary/aromatic N) is 3. The summed E-state index contributed by atoms with van der Waals surface area (Å²) in [7, 11) is 0. The highest BCUT2D eigenvalue weighted by atomic mass is 35.5. The van der Waals surface area contributed by atoms with Gasteiger partial charge >= 0.3 is 0 Å². The van der Waals surface area contributed by atoms with Crippen LogP contribution in [0.3, 0.4) is 0 Å². The molecule has 1 aromatic carbocycles. The molecule has 0 unspecified atom stereocenters. The number of halogens is 1. The molecular formula is C20H27ClN4O. The lowest BCUT2D eigenvalue weighted by molar-refractivity contribution is -0.116. The summed E-state index contributed by atoms with van der Waals surface area (Å²) in [6.07, 6.45) is 5.44. The van der Waals surface area contributed by atoms with Crippen LogP contribution >= 0.6 is 11.6 Å². The number of rotatable bonds is 8. The maximum absolute atomic E-state index is 12.4. The Balaban J connectivity index is 1.62. The van der Waals surface area contributed by atoms with E-state index in [9.17, 15) is 4.79 Å². The Bertz CT molecular complexity index is 780. The van der Waals surface area contributed by atoms with E-state index in [4.69, 9.17) is 11.6 Å². The molecule has 2 aromatic rings. The molecule has 1 N–H and O–H groups in total. The quantitative estimate of drug-likeness (QED) is 0.726. The van der Waals surface area contributed by atoms with E-state index < -0.39 is 0 Å². The van der Waals surface area contributed by atoms with E-state index in [1.807, 2.05) is 25.1 Å². The molecule has 1 amide bonds. The highest BCUT2D eigenvalue weighted by Crippen LogP contribution is 2.37. The Kier molecular flexibility index (Phi) is 5.97. The van der Waals surface area contributed by atoms with Crippen molar-refractivity contribution in [2.24, 2.45) is 5.92 Å². The molecular weight excluding hydrogens is 348 g/mol. The number of anilines is 1. The van der Waals surface area contributed by atoms with Crippen molar-refractivity contribution in [3.05, 3.63) is 40.4 Å². The lowest BCUT2D eigenvalue weighted by atomic mass is 10.1. The zero-order chi connectivity index (χ0) is 18.7. The van der Waals surface area contributed by atoms with Gasteiger partial charge in [-0.15, -0.1) is 10.2 Å². The minimum atomic E-state index is -0.0237. The topological polar surface area (TPSA) is 59.8 Å². The second-order valence-corrected chi connectivity index (χ2v) is 7.93. The predicted octanol–water partition coefficient (Wildman–Crippen LogP) is 4.73. The third-order valence-electron chi connectivity index (χ3n) is 4.81. The fourth-order valence-corrected chi connectivity index (χ4v) is 3.23. The van der Waals surface area contributed by atoms with Gasteiger partial charge in [0, 0.05) is 36.0 Å². The van der Waals surface area contributed by atoms with Crippen molar-refractivity contribution in [1.29, 1.82) is 0 Å². The van der Waals surface area contributed by atoms with Crippen molar-refractivity contribution in [1.82, 2.24) is 14.8 Å². The van der Waals surface area contributed by atoms with E-state index in [2.05, 4.69) is 33.9 Å². The van der Waals surface area contributed by atoms with Crippen molar-refractivity contribution >= 4 is 23.2 Å². The highest BCUT2D eigenvalue weighted by Gasteiger charge is 2.29. The van der Waals surface area contributed by atoms with Crippen LogP contribution in [0.2, 0.25) is 5.02 Å². The first kappa shape index (κ1) is 18.9. The molecule has 1 heterocycles. The zero-order valence-electron chi connectivity index (χ0n) is 15.8. The van der Waals surface area contributed by atoms with Crippen LogP contribution in [-0.4, -0.2) is 20.7 Å². The van der Waals surface area contributed by atoms with Gasteiger partial charge in [-0.3, -0.25) is 4.79 Å². The van der Waals surface area contributed by atoms with Gasteiger partial charge < -0.3 is 9.88 Å². The van der Waals surface area contributed by atoms with Crippen LogP contribution in [0.4, 0.5) is 5.69 Å². The van der Waals surface area contributed by atoms with Gasteiger partial charge in [0.2, 0.25) is 5.91 Å². The van der Waals surface area contributed by atoms with Gasteiger partial charge in [-0.1, -0.05) is 31.5 Å². The summed E-state index contributed by atoms with van der Waals surface area (Å²) in [5.74, 6) is 2.63. The third kappa shape index (κ3) is 4.64. The average molecular weight is 375 g/mol. The Morgan fingerprint density at radius 1 is 1.27 bits per heavy atom. The molecule has 140 valence electrons. The van der Waals surface area contributed by atoms with Crippen LogP contribution in [0.5, 0.6) is 0 Å². The summed E-state index contributed by atoms with van der Waals surface area (Å²) in [6, 6.07) is 6.06. The van der Waals surface area contributed by atoms with Gasteiger partial charge in [0.05, 0.1) is 0 Å². The van der Waals surface area contributed by atoms with Crippen molar-refractivity contribution in [2.75, 3.05) is 5.32 Å². The molecule has 1 aliphatic rings. The second kappa shape index (κ2) is 8.21. The molecule has 0 saturated heterocycles. The molecule has 0 bridgehead atoms. The van der Waals surface area contributed by atoms with Gasteiger partial charge in [-0.05, 0) is 49.8 Å². The van der Waals surface area contributed by atoms with Crippen LogP contribution in [0.25, 0.3) is 0 Å². The van der Waals surface area contributed by atoms with Crippen LogP contribution in [0, 0.1) is 12.8 Å². The van der Waals surface area contributed by atoms with Gasteiger partial charge in [-0.25, -0.2) is 0 Å². The summed E-state index contributed by atoms with van der Waals surface area (Å²) >= 11 is 6.11. The van der Waals surface area contributed by atoms with Crippen LogP contribution in [0.15, 0.2) is 18.2 Å². The predicted molar refractivity (Wildman–Crippen MR) is 105 cm³/mol. The molecule has 26 heavy (non-hydrogen) atoms. The molecule has 1 aromatic heterocycles. The number of carbonyl (C=O) groups is 1. The van der Waals surface area contributed by atoms with Crippen LogP contribution in [-0.2, 0) is 17.6 Å². The van der Waals surface area contributed by atoms with E-state index in [0.29, 0.717) is 29.8 Å². The Labute approximate surface area is 160 Å². The van der Waals surface area contributed by atoms with Crippen molar-refractivity contribution in [3.63, 3.8) is 0 Å². The minimum Gasteiger partial charge on any atom is -0.326 e. The molecule has 1 saturated carbocycles. The Morgan fingerprint density at radius 2 is 1.96 bits per heavy atom. The SMILES string of the molecule is Cc1c(Cl)cccc1NC(=O)CCc1nnc(CCC(C)C)n1C1CC1. The number of aryl methyl sites for hydroxylation is 2. The smallest absolute Gasteiger partial charge is 0.224 e. The van der Waals surface area contributed by atoms with Crippen molar-refractivity contribution in [3.8, 4) is 0 Å². The average Bonchev–Trinajstić information content (AvgIpc) is 3.35. The van der Waals surface area contributed by atoms with Gasteiger partial charge in [-0.2, -0.15) is 0 Å². The van der Waals surface area contributed by atoms with Crippen LogP contribution < -0.4 is 5.32 Å². The molecule has 0 radical (unpaired) electrons. The van der Waals surface area contributed by atoms with E-state index in [1.54, 1.807) is 0 Å². The number of benzene rings is 1. The fourth-order valence-electron chi connectivity index (χ4n) is 3.05. The first-order chi connectivity index (χ1) is 12.5. The molecule has 6 heteroatoms. The first-order valence-corrected chi connectivity index (χ1v) is 9.81. The highest BCUT2D eigenvalue weighted by molar-refractivity contribution is 6.31. The summed E-state index contributed by atoms with van der Waals surface area (Å²) in [6.45, 7) is 6.35. The standard InChI is InChI=1S/C20H27ClN4O/c1-13(2)7-10-18-23-24-19(25(18)15-8-9-15)11-12-20(26)22-17-6-4-5-16(21)14(17)3/h4-6,13,15H,7-12H2,1-3H3,(H,22,26). The Morgan fingerprint density at radius 3 is 2.62 bits per heavy atom. The molecule has 1 fully saturated rings. The second-order valence-electron chi connectivity index (χ2n) is 7.53. The number of carbonyl (C=O) groups excluding carboxylic acids is 1. The maximum Gasteiger partial charge on any atom is 0.224 e. The molecule has 3 rings (SSSR count). The van der Waals surface area contributed by atoms with E-state index >= 15 is 0 Å². The molecule has 1 aliphatic carbocycles. The van der Waals surface area contributed by atoms with Gasteiger partial charge in [0.15, 0.2) is 0 Å².